The van der Waals surface area contributed by atoms with Crippen LogP contribution >= 0.6 is 11.3 Å². The summed E-state index contributed by atoms with van der Waals surface area (Å²) in [4.78, 5) is 6.96. The number of para-hydroxylation sites is 1. The monoisotopic (exact) mass is 429 g/mol. The molecule has 0 aliphatic carbocycles. The van der Waals surface area contributed by atoms with Gasteiger partial charge in [0.1, 0.15) is 5.75 Å². The van der Waals surface area contributed by atoms with Crippen LogP contribution in [0.15, 0.2) is 48.5 Å². The molecule has 2 atom stereocenters. The van der Waals surface area contributed by atoms with Gasteiger partial charge >= 0.3 is 0 Å². The van der Waals surface area contributed by atoms with Crippen molar-refractivity contribution in [3.8, 4) is 10.9 Å². The summed E-state index contributed by atoms with van der Waals surface area (Å²) in [5.74, 6) is 0.799. The number of aromatic nitrogens is 1. The van der Waals surface area contributed by atoms with Crippen LogP contribution in [0.25, 0.3) is 10.2 Å². The van der Waals surface area contributed by atoms with Gasteiger partial charge in [-0.3, -0.25) is 4.90 Å². The molecule has 2 bridgehead atoms. The SMILES string of the molecule is CS(=O)(=O)N1CC2CC1CN2CCc1cccc(Oc2nc3ccccc3s2)c1. The Morgan fingerprint density at radius 1 is 1.14 bits per heavy atom. The molecule has 29 heavy (non-hydrogen) atoms. The van der Waals surface area contributed by atoms with Crippen LogP contribution in [-0.4, -0.2) is 60.6 Å². The Morgan fingerprint density at radius 3 is 2.76 bits per heavy atom. The van der Waals surface area contributed by atoms with Gasteiger partial charge in [-0.15, -0.1) is 0 Å². The third-order valence-corrected chi connectivity index (χ3v) is 8.01. The van der Waals surface area contributed by atoms with Gasteiger partial charge in [0, 0.05) is 31.7 Å². The highest BCUT2D eigenvalue weighted by atomic mass is 32.2. The van der Waals surface area contributed by atoms with E-state index < -0.39 is 10.0 Å². The summed E-state index contributed by atoms with van der Waals surface area (Å²) < 4.78 is 32.5. The Hall–Kier alpha value is -2.00. The van der Waals surface area contributed by atoms with E-state index in [0.29, 0.717) is 17.8 Å². The molecular formula is C21H23N3O3S2. The Kier molecular flexibility index (Phi) is 4.82. The number of sulfonamides is 1. The van der Waals surface area contributed by atoms with Crippen molar-refractivity contribution in [1.82, 2.24) is 14.2 Å². The maximum Gasteiger partial charge on any atom is 0.279 e. The van der Waals surface area contributed by atoms with Crippen molar-refractivity contribution < 1.29 is 13.2 Å². The second-order valence-corrected chi connectivity index (χ2v) is 10.7. The van der Waals surface area contributed by atoms with Gasteiger partial charge in [-0.2, -0.15) is 4.31 Å². The zero-order valence-electron chi connectivity index (χ0n) is 16.2. The highest BCUT2D eigenvalue weighted by Gasteiger charge is 2.46. The summed E-state index contributed by atoms with van der Waals surface area (Å²) in [5.41, 5.74) is 2.17. The van der Waals surface area contributed by atoms with Crippen molar-refractivity contribution in [1.29, 1.82) is 0 Å². The number of rotatable bonds is 6. The predicted octanol–water partition coefficient (Wildman–Crippen LogP) is 3.35. The van der Waals surface area contributed by atoms with E-state index >= 15 is 0 Å². The van der Waals surface area contributed by atoms with Crippen molar-refractivity contribution in [3.05, 3.63) is 54.1 Å². The van der Waals surface area contributed by atoms with Gasteiger partial charge in [0.25, 0.3) is 5.19 Å². The van der Waals surface area contributed by atoms with E-state index in [1.165, 1.54) is 11.8 Å². The molecular weight excluding hydrogens is 406 g/mol. The summed E-state index contributed by atoms with van der Waals surface area (Å²) >= 11 is 1.55. The molecule has 0 N–H and O–H groups in total. The zero-order valence-corrected chi connectivity index (χ0v) is 17.8. The summed E-state index contributed by atoms with van der Waals surface area (Å²) in [6.45, 7) is 2.40. The first-order valence-corrected chi connectivity index (χ1v) is 12.5. The highest BCUT2D eigenvalue weighted by Crippen LogP contribution is 2.33. The zero-order chi connectivity index (χ0) is 20.0. The third-order valence-electron chi connectivity index (χ3n) is 5.80. The molecule has 3 heterocycles. The molecule has 2 aliphatic rings. The van der Waals surface area contributed by atoms with Crippen LogP contribution in [0.4, 0.5) is 0 Å². The van der Waals surface area contributed by atoms with Crippen molar-refractivity contribution in [2.24, 2.45) is 0 Å². The highest BCUT2D eigenvalue weighted by molar-refractivity contribution is 7.88. The Labute approximate surface area is 174 Å². The number of thiazole rings is 1. The molecule has 6 nitrogen and oxygen atoms in total. The second-order valence-electron chi connectivity index (χ2n) is 7.82. The molecule has 0 radical (unpaired) electrons. The molecule has 2 aliphatic heterocycles. The van der Waals surface area contributed by atoms with E-state index in [1.807, 2.05) is 36.4 Å². The average molecular weight is 430 g/mol. The van der Waals surface area contributed by atoms with Gasteiger partial charge in [-0.05, 0) is 42.7 Å². The van der Waals surface area contributed by atoms with Crippen LogP contribution in [-0.2, 0) is 16.4 Å². The quantitative estimate of drug-likeness (QED) is 0.601. The maximum absolute atomic E-state index is 11.8. The molecule has 0 spiro atoms. The Morgan fingerprint density at radius 2 is 2.00 bits per heavy atom. The first kappa shape index (κ1) is 19.0. The molecule has 5 rings (SSSR count). The topological polar surface area (TPSA) is 62.7 Å². The van der Waals surface area contributed by atoms with Crippen LogP contribution in [0.3, 0.4) is 0 Å². The van der Waals surface area contributed by atoms with Crippen molar-refractivity contribution in [2.45, 2.75) is 24.9 Å². The van der Waals surface area contributed by atoms with Crippen molar-refractivity contribution in [3.63, 3.8) is 0 Å². The Balaban J connectivity index is 1.21. The van der Waals surface area contributed by atoms with E-state index in [0.717, 1.165) is 41.9 Å². The Bertz CT molecular complexity index is 1110. The van der Waals surface area contributed by atoms with E-state index in [-0.39, 0.29) is 6.04 Å². The van der Waals surface area contributed by atoms with Gasteiger partial charge in [-0.1, -0.05) is 35.6 Å². The van der Waals surface area contributed by atoms with Gasteiger partial charge in [0.15, 0.2) is 0 Å². The molecule has 2 saturated heterocycles. The molecule has 2 aromatic carbocycles. The lowest BCUT2D eigenvalue weighted by molar-refractivity contribution is 0.184. The normalized spacial score (nSPS) is 22.5. The fourth-order valence-electron chi connectivity index (χ4n) is 4.43. The van der Waals surface area contributed by atoms with Gasteiger partial charge < -0.3 is 4.74 Å². The number of benzene rings is 2. The molecule has 3 aromatic rings. The van der Waals surface area contributed by atoms with Crippen LogP contribution in [0.2, 0.25) is 0 Å². The smallest absolute Gasteiger partial charge is 0.279 e. The number of nitrogens with zero attached hydrogens (tertiary/aromatic N) is 3. The fraction of sp³-hybridized carbons (Fsp3) is 0.381. The van der Waals surface area contributed by atoms with Gasteiger partial charge in [0.05, 0.1) is 16.5 Å². The maximum atomic E-state index is 11.8. The van der Waals surface area contributed by atoms with Crippen molar-refractivity contribution >= 4 is 31.6 Å². The average Bonchev–Trinajstić information content (AvgIpc) is 3.39. The summed E-state index contributed by atoms with van der Waals surface area (Å²) in [5, 5.41) is 0.654. The fourth-order valence-corrected chi connectivity index (χ4v) is 6.40. The lowest BCUT2D eigenvalue weighted by atomic mass is 10.1. The van der Waals surface area contributed by atoms with Gasteiger partial charge in [0.2, 0.25) is 10.0 Å². The molecule has 152 valence electrons. The second kappa shape index (κ2) is 7.36. The predicted molar refractivity (Wildman–Crippen MR) is 115 cm³/mol. The van der Waals surface area contributed by atoms with E-state index in [1.54, 1.807) is 15.6 Å². The molecule has 0 saturated carbocycles. The minimum Gasteiger partial charge on any atom is -0.431 e. The molecule has 8 heteroatoms. The molecule has 2 fully saturated rings. The third kappa shape index (κ3) is 3.90. The number of hydrogen-bond donors (Lipinski definition) is 0. The molecule has 1 aromatic heterocycles. The summed E-state index contributed by atoms with van der Waals surface area (Å²) in [6, 6.07) is 16.7. The molecule has 2 unspecified atom stereocenters. The van der Waals surface area contributed by atoms with E-state index in [2.05, 4.69) is 22.0 Å². The number of ether oxygens (including phenoxy) is 1. The molecule has 0 amide bonds. The largest absolute Gasteiger partial charge is 0.431 e. The summed E-state index contributed by atoms with van der Waals surface area (Å²) in [7, 11) is -3.08. The van der Waals surface area contributed by atoms with Gasteiger partial charge in [-0.25, -0.2) is 13.4 Å². The number of hydrogen-bond acceptors (Lipinski definition) is 6. The minimum atomic E-state index is -3.08. The first-order chi connectivity index (χ1) is 14.0. The lowest BCUT2D eigenvalue weighted by Gasteiger charge is -2.32. The summed E-state index contributed by atoms with van der Waals surface area (Å²) in [6.07, 6.45) is 3.18. The minimum absolute atomic E-state index is 0.142. The van der Waals surface area contributed by atoms with Crippen molar-refractivity contribution in [2.75, 3.05) is 25.9 Å². The lowest BCUT2D eigenvalue weighted by Crippen LogP contribution is -2.48. The van der Waals surface area contributed by atoms with E-state index in [4.69, 9.17) is 4.74 Å². The van der Waals surface area contributed by atoms with Crippen LogP contribution in [0.1, 0.15) is 12.0 Å². The number of piperazine rings is 1. The first-order valence-electron chi connectivity index (χ1n) is 9.79. The van der Waals surface area contributed by atoms with E-state index in [9.17, 15) is 8.42 Å². The number of fused-ring (bicyclic) bond motifs is 3. The number of likely N-dealkylation sites (tertiary alicyclic amines) is 1. The standard InChI is InChI=1S/C21H23N3O3S2/c1-29(25,26)24-14-16-12-17(24)13-23(16)10-9-15-5-4-6-18(11-15)27-21-22-19-7-2-3-8-20(19)28-21/h2-8,11,16-17H,9-10,12-14H2,1H3. The van der Waals surface area contributed by atoms with Crippen LogP contribution < -0.4 is 4.74 Å². The van der Waals surface area contributed by atoms with Crippen LogP contribution in [0, 0.1) is 0 Å². The van der Waals surface area contributed by atoms with Crippen LogP contribution in [0.5, 0.6) is 10.9 Å².